The molecule has 0 aliphatic rings. The Balaban J connectivity index is 3.22. The van der Waals surface area contributed by atoms with Crippen molar-refractivity contribution in [3.63, 3.8) is 0 Å². The first-order valence-corrected chi connectivity index (χ1v) is 2.78. The fraction of sp³-hybridized carbons (Fsp3) is 0. The molecule has 0 atom stereocenters. The number of aromatic nitrogens is 2. The molecule has 0 spiro atoms. The molecule has 9 heavy (non-hydrogen) atoms. The molecule has 0 N–H and O–H groups in total. The zero-order chi connectivity index (χ0) is 6.69. The summed E-state index contributed by atoms with van der Waals surface area (Å²) >= 11 is 0.929. The predicted molar refractivity (Wildman–Crippen MR) is 29.3 cm³/mol. The molecule has 5 heteroatoms. The monoisotopic (exact) mass is 136 g/mol. The predicted octanol–water partition coefficient (Wildman–Crippen LogP) is 0.281. The van der Waals surface area contributed by atoms with Gasteiger partial charge in [-0.05, 0) is 0 Å². The van der Waals surface area contributed by atoms with E-state index in [-0.39, 0.29) is 10.6 Å². The largest absolute Gasteiger partial charge is 0.193 e. The third-order valence-corrected chi connectivity index (χ3v) is 1.33. The molecule has 0 saturated heterocycles. The van der Waals surface area contributed by atoms with Gasteiger partial charge in [-0.25, -0.2) is 0 Å². The maximum absolute atomic E-state index is 8.27. The lowest BCUT2D eigenvalue weighted by Gasteiger charge is -1.68. The molecule has 1 aromatic heterocycles. The standard InChI is InChI=1S/C4N4S/c5-1-3-4(2-6)9-8-7-3. The van der Waals surface area contributed by atoms with E-state index in [1.165, 1.54) is 0 Å². The van der Waals surface area contributed by atoms with Crippen LogP contribution in [-0.2, 0) is 0 Å². The van der Waals surface area contributed by atoms with E-state index < -0.39 is 0 Å². The molecule has 0 fully saturated rings. The van der Waals surface area contributed by atoms with Crippen LogP contribution in [-0.4, -0.2) is 9.59 Å². The number of nitriles is 2. The van der Waals surface area contributed by atoms with Crippen molar-refractivity contribution >= 4 is 11.5 Å². The van der Waals surface area contributed by atoms with Crippen molar-refractivity contribution < 1.29 is 0 Å². The van der Waals surface area contributed by atoms with Gasteiger partial charge in [-0.2, -0.15) is 10.5 Å². The van der Waals surface area contributed by atoms with E-state index in [0.29, 0.717) is 0 Å². The van der Waals surface area contributed by atoms with Crippen molar-refractivity contribution in [1.82, 2.24) is 9.59 Å². The summed E-state index contributed by atoms with van der Waals surface area (Å²) in [5.74, 6) is 0. The third-order valence-electron chi connectivity index (χ3n) is 0.695. The van der Waals surface area contributed by atoms with E-state index in [9.17, 15) is 0 Å². The van der Waals surface area contributed by atoms with Crippen molar-refractivity contribution in [2.24, 2.45) is 0 Å². The smallest absolute Gasteiger partial charge is 0.191 e. The molecular weight excluding hydrogens is 136 g/mol. The Labute approximate surface area is 55.1 Å². The van der Waals surface area contributed by atoms with Crippen molar-refractivity contribution in [1.29, 1.82) is 10.5 Å². The zero-order valence-corrected chi connectivity index (χ0v) is 5.01. The first kappa shape index (κ1) is 5.67. The van der Waals surface area contributed by atoms with Gasteiger partial charge in [0.15, 0.2) is 10.6 Å². The summed E-state index contributed by atoms with van der Waals surface area (Å²) in [6.07, 6.45) is 0. The minimum Gasteiger partial charge on any atom is -0.191 e. The summed E-state index contributed by atoms with van der Waals surface area (Å²) in [5, 5.41) is 19.9. The maximum atomic E-state index is 8.27. The van der Waals surface area contributed by atoms with Gasteiger partial charge >= 0.3 is 0 Å². The molecule has 0 saturated carbocycles. The highest BCUT2D eigenvalue weighted by atomic mass is 32.1. The molecule has 0 aliphatic heterocycles. The molecular formula is C4N4S. The molecule has 1 rings (SSSR count). The van der Waals surface area contributed by atoms with Gasteiger partial charge < -0.3 is 0 Å². The van der Waals surface area contributed by atoms with Gasteiger partial charge in [-0.15, -0.1) is 5.10 Å². The Morgan fingerprint density at radius 2 is 2.11 bits per heavy atom. The van der Waals surface area contributed by atoms with Crippen LogP contribution in [0.1, 0.15) is 10.6 Å². The molecule has 1 heterocycles. The number of hydrogen-bond acceptors (Lipinski definition) is 5. The SMILES string of the molecule is N#Cc1nnsc1C#N. The molecule has 42 valence electrons. The highest BCUT2D eigenvalue weighted by Crippen LogP contribution is 2.05. The number of rotatable bonds is 0. The van der Waals surface area contributed by atoms with Crippen molar-refractivity contribution in [2.75, 3.05) is 0 Å². The minimum atomic E-state index is 0.113. The summed E-state index contributed by atoms with van der Waals surface area (Å²) in [7, 11) is 0. The van der Waals surface area contributed by atoms with Crippen LogP contribution in [0.15, 0.2) is 0 Å². The first-order valence-electron chi connectivity index (χ1n) is 2.01. The molecule has 0 amide bonds. The van der Waals surface area contributed by atoms with Crippen LogP contribution in [0.2, 0.25) is 0 Å². The summed E-state index contributed by atoms with van der Waals surface area (Å²) in [6, 6.07) is 3.54. The van der Waals surface area contributed by atoms with Crippen molar-refractivity contribution in [3.8, 4) is 12.1 Å². The fourth-order valence-electron chi connectivity index (χ4n) is 0.337. The van der Waals surface area contributed by atoms with E-state index >= 15 is 0 Å². The van der Waals surface area contributed by atoms with Gasteiger partial charge in [0.25, 0.3) is 0 Å². The highest BCUT2D eigenvalue weighted by molar-refractivity contribution is 7.06. The summed E-state index contributed by atoms with van der Waals surface area (Å²) in [4.78, 5) is 0.275. The van der Waals surface area contributed by atoms with Gasteiger partial charge in [-0.3, -0.25) is 0 Å². The fourth-order valence-corrected chi connectivity index (χ4v) is 0.755. The lowest BCUT2D eigenvalue weighted by molar-refractivity contribution is 1.12. The Morgan fingerprint density at radius 1 is 1.33 bits per heavy atom. The van der Waals surface area contributed by atoms with Crippen LogP contribution in [0.4, 0.5) is 0 Å². The lowest BCUT2D eigenvalue weighted by atomic mass is 10.4. The van der Waals surface area contributed by atoms with Gasteiger partial charge in [0.1, 0.15) is 12.1 Å². The quantitative estimate of drug-likeness (QED) is 0.513. The highest BCUT2D eigenvalue weighted by Gasteiger charge is 2.03. The molecule has 0 unspecified atom stereocenters. The van der Waals surface area contributed by atoms with Gasteiger partial charge in [-0.1, -0.05) is 4.49 Å². The summed E-state index contributed by atoms with van der Waals surface area (Å²) in [5.41, 5.74) is 0.113. The van der Waals surface area contributed by atoms with E-state index in [4.69, 9.17) is 10.5 Å². The van der Waals surface area contributed by atoms with Crippen LogP contribution >= 0.6 is 11.5 Å². The van der Waals surface area contributed by atoms with E-state index in [2.05, 4.69) is 9.59 Å². The minimum absolute atomic E-state index is 0.113. The summed E-state index contributed by atoms with van der Waals surface area (Å²) < 4.78 is 3.41. The van der Waals surface area contributed by atoms with E-state index in [1.54, 1.807) is 12.1 Å². The molecule has 0 aromatic carbocycles. The Morgan fingerprint density at radius 3 is 2.56 bits per heavy atom. The van der Waals surface area contributed by atoms with Gasteiger partial charge in [0, 0.05) is 11.5 Å². The Kier molecular flexibility index (Phi) is 1.39. The van der Waals surface area contributed by atoms with Crippen LogP contribution < -0.4 is 0 Å². The first-order chi connectivity index (χ1) is 4.38. The number of hydrogen-bond donors (Lipinski definition) is 0. The van der Waals surface area contributed by atoms with Crippen molar-refractivity contribution in [3.05, 3.63) is 10.6 Å². The van der Waals surface area contributed by atoms with Crippen molar-refractivity contribution in [2.45, 2.75) is 0 Å². The zero-order valence-electron chi connectivity index (χ0n) is 4.20. The normalized spacial score (nSPS) is 7.78. The van der Waals surface area contributed by atoms with Crippen LogP contribution in [0, 0.1) is 22.7 Å². The van der Waals surface area contributed by atoms with Crippen LogP contribution in [0.5, 0.6) is 0 Å². The van der Waals surface area contributed by atoms with Crippen LogP contribution in [0.3, 0.4) is 0 Å². The Hall–Kier alpha value is -1.46. The molecule has 1 aromatic rings. The topological polar surface area (TPSA) is 73.4 Å². The second-order valence-electron chi connectivity index (χ2n) is 1.17. The second kappa shape index (κ2) is 2.21. The second-order valence-corrected chi connectivity index (χ2v) is 1.93. The lowest BCUT2D eigenvalue weighted by Crippen LogP contribution is -1.75. The third kappa shape index (κ3) is 0.857. The van der Waals surface area contributed by atoms with E-state index in [0.717, 1.165) is 11.5 Å². The molecule has 0 radical (unpaired) electrons. The average Bonchev–Trinajstić information content (AvgIpc) is 2.33. The maximum Gasteiger partial charge on any atom is 0.193 e. The van der Waals surface area contributed by atoms with Gasteiger partial charge in [0.2, 0.25) is 0 Å². The average molecular weight is 136 g/mol. The number of nitrogens with zero attached hydrogens (tertiary/aromatic N) is 4. The van der Waals surface area contributed by atoms with Gasteiger partial charge in [0.05, 0.1) is 0 Å². The van der Waals surface area contributed by atoms with Crippen LogP contribution in [0.25, 0.3) is 0 Å². The molecule has 0 bridgehead atoms. The Bertz CT molecular complexity index is 260. The molecule has 0 aliphatic carbocycles. The summed E-state index contributed by atoms with van der Waals surface area (Å²) in [6.45, 7) is 0. The molecule has 4 nitrogen and oxygen atoms in total. The van der Waals surface area contributed by atoms with E-state index in [1.807, 2.05) is 0 Å².